The van der Waals surface area contributed by atoms with Gasteiger partial charge in [0.1, 0.15) is 5.82 Å². The fourth-order valence-electron chi connectivity index (χ4n) is 1.77. The third-order valence-electron chi connectivity index (χ3n) is 2.67. The van der Waals surface area contributed by atoms with Crippen molar-refractivity contribution in [3.05, 3.63) is 22.6 Å². The van der Waals surface area contributed by atoms with Gasteiger partial charge in [-0.2, -0.15) is 9.61 Å². The van der Waals surface area contributed by atoms with Crippen molar-refractivity contribution in [2.45, 2.75) is 6.10 Å². The Morgan fingerprint density at radius 1 is 1.50 bits per heavy atom. The summed E-state index contributed by atoms with van der Waals surface area (Å²) in [5, 5.41) is 13.4. The van der Waals surface area contributed by atoms with Crippen LogP contribution in [0.3, 0.4) is 0 Å². The van der Waals surface area contributed by atoms with Crippen molar-refractivity contribution in [2.24, 2.45) is 0 Å². The van der Waals surface area contributed by atoms with Gasteiger partial charge in [-0.3, -0.25) is 0 Å². The number of hydrogen-bond donors (Lipinski definition) is 2. The molecular formula is C10H13N5O3. The molecule has 2 N–H and O–H groups in total. The maximum atomic E-state index is 11.3. The summed E-state index contributed by atoms with van der Waals surface area (Å²) in [7, 11) is 0. The van der Waals surface area contributed by atoms with Gasteiger partial charge in [0.25, 0.3) is 0 Å². The van der Waals surface area contributed by atoms with Gasteiger partial charge in [0.2, 0.25) is 0 Å². The topological polar surface area (TPSA) is 93.5 Å². The standard InChI is InChI=1S/C10H13N5O3/c16-10-13-12-9-2-1-8(14-15(9)10)11-5-7-6-17-3-4-18-7/h1-2,7H,3-6H2,(H,11,14)(H,13,16). The van der Waals surface area contributed by atoms with Crippen molar-refractivity contribution < 1.29 is 9.47 Å². The minimum absolute atomic E-state index is 0.0114. The highest BCUT2D eigenvalue weighted by atomic mass is 16.6. The van der Waals surface area contributed by atoms with E-state index in [0.29, 0.717) is 37.8 Å². The third kappa shape index (κ3) is 2.20. The summed E-state index contributed by atoms with van der Waals surface area (Å²) in [5.74, 6) is 0.597. The molecule has 1 atom stereocenters. The summed E-state index contributed by atoms with van der Waals surface area (Å²) < 4.78 is 12.0. The van der Waals surface area contributed by atoms with Gasteiger partial charge >= 0.3 is 5.69 Å². The van der Waals surface area contributed by atoms with Crippen LogP contribution >= 0.6 is 0 Å². The summed E-state index contributed by atoms with van der Waals surface area (Å²) in [4.78, 5) is 11.3. The SMILES string of the molecule is O=c1[nH]nc2ccc(NCC3COCCO3)nn12. The molecule has 1 aliphatic rings. The van der Waals surface area contributed by atoms with Gasteiger partial charge in [-0.25, -0.2) is 9.89 Å². The lowest BCUT2D eigenvalue weighted by atomic mass is 10.3. The van der Waals surface area contributed by atoms with E-state index in [9.17, 15) is 4.79 Å². The van der Waals surface area contributed by atoms with E-state index in [1.165, 1.54) is 4.52 Å². The van der Waals surface area contributed by atoms with Crippen LogP contribution in [0.1, 0.15) is 0 Å². The average Bonchev–Trinajstić information content (AvgIpc) is 2.79. The normalized spacial score (nSPS) is 20.1. The van der Waals surface area contributed by atoms with E-state index in [1.54, 1.807) is 12.1 Å². The number of H-pyrrole nitrogens is 1. The second kappa shape index (κ2) is 4.75. The van der Waals surface area contributed by atoms with Crippen LogP contribution in [-0.2, 0) is 9.47 Å². The number of anilines is 1. The second-order valence-electron chi connectivity index (χ2n) is 3.97. The van der Waals surface area contributed by atoms with E-state index in [-0.39, 0.29) is 11.8 Å². The summed E-state index contributed by atoms with van der Waals surface area (Å²) in [6, 6.07) is 3.48. The lowest BCUT2D eigenvalue weighted by molar-refractivity contribution is -0.0819. The van der Waals surface area contributed by atoms with Crippen LogP contribution in [0.5, 0.6) is 0 Å². The number of nitrogens with zero attached hydrogens (tertiary/aromatic N) is 3. The number of rotatable bonds is 3. The van der Waals surface area contributed by atoms with Gasteiger partial charge < -0.3 is 14.8 Å². The Morgan fingerprint density at radius 3 is 3.28 bits per heavy atom. The highest BCUT2D eigenvalue weighted by Gasteiger charge is 2.14. The van der Waals surface area contributed by atoms with E-state index in [4.69, 9.17) is 9.47 Å². The lowest BCUT2D eigenvalue weighted by Gasteiger charge is -2.23. The molecule has 0 aliphatic carbocycles. The Hall–Kier alpha value is -1.93. The molecule has 0 amide bonds. The number of nitrogens with one attached hydrogen (secondary N) is 2. The van der Waals surface area contributed by atoms with Crippen LogP contribution in [-0.4, -0.2) is 52.3 Å². The molecule has 1 saturated heterocycles. The number of aromatic nitrogens is 4. The molecule has 2 aromatic rings. The number of ether oxygens (including phenoxy) is 2. The highest BCUT2D eigenvalue weighted by Crippen LogP contribution is 2.05. The van der Waals surface area contributed by atoms with E-state index in [2.05, 4.69) is 20.6 Å². The highest BCUT2D eigenvalue weighted by molar-refractivity contribution is 5.42. The lowest BCUT2D eigenvalue weighted by Crippen LogP contribution is -2.34. The van der Waals surface area contributed by atoms with Crippen molar-refractivity contribution in [1.29, 1.82) is 0 Å². The van der Waals surface area contributed by atoms with Crippen LogP contribution in [0, 0.1) is 0 Å². The van der Waals surface area contributed by atoms with Crippen LogP contribution in [0.15, 0.2) is 16.9 Å². The molecule has 1 aliphatic heterocycles. The molecule has 96 valence electrons. The van der Waals surface area contributed by atoms with Gasteiger partial charge in [0, 0.05) is 6.54 Å². The molecule has 0 saturated carbocycles. The maximum Gasteiger partial charge on any atom is 0.364 e. The fourth-order valence-corrected chi connectivity index (χ4v) is 1.77. The van der Waals surface area contributed by atoms with Crippen molar-refractivity contribution >= 4 is 11.5 Å². The first kappa shape index (κ1) is 11.2. The third-order valence-corrected chi connectivity index (χ3v) is 2.67. The molecule has 18 heavy (non-hydrogen) atoms. The predicted octanol–water partition coefficient (Wildman–Crippen LogP) is -0.755. The summed E-state index contributed by atoms with van der Waals surface area (Å²) in [5.41, 5.74) is 0.133. The summed E-state index contributed by atoms with van der Waals surface area (Å²) in [6.07, 6.45) is 0.0114. The zero-order valence-electron chi connectivity index (χ0n) is 9.63. The van der Waals surface area contributed by atoms with Crippen molar-refractivity contribution in [1.82, 2.24) is 19.8 Å². The van der Waals surface area contributed by atoms with Crippen LogP contribution in [0.25, 0.3) is 5.65 Å². The Morgan fingerprint density at radius 2 is 2.44 bits per heavy atom. The average molecular weight is 251 g/mol. The molecule has 0 spiro atoms. The van der Waals surface area contributed by atoms with E-state index < -0.39 is 0 Å². The fraction of sp³-hybridized carbons (Fsp3) is 0.500. The van der Waals surface area contributed by atoms with Crippen molar-refractivity contribution in [3.63, 3.8) is 0 Å². The molecule has 0 aromatic carbocycles. The van der Waals surface area contributed by atoms with Crippen molar-refractivity contribution in [3.8, 4) is 0 Å². The quantitative estimate of drug-likeness (QED) is 0.745. The van der Waals surface area contributed by atoms with Gasteiger partial charge in [0.05, 0.1) is 25.9 Å². The molecule has 3 rings (SSSR count). The number of aromatic amines is 1. The largest absolute Gasteiger partial charge is 0.376 e. The monoisotopic (exact) mass is 251 g/mol. The van der Waals surface area contributed by atoms with Gasteiger partial charge in [-0.15, -0.1) is 5.10 Å². The first-order valence-corrected chi connectivity index (χ1v) is 5.70. The first-order chi connectivity index (χ1) is 8.83. The van der Waals surface area contributed by atoms with Crippen LogP contribution in [0.4, 0.5) is 5.82 Å². The van der Waals surface area contributed by atoms with E-state index >= 15 is 0 Å². The smallest absolute Gasteiger partial charge is 0.364 e. The molecule has 8 heteroatoms. The van der Waals surface area contributed by atoms with E-state index in [0.717, 1.165) is 0 Å². The zero-order chi connectivity index (χ0) is 12.4. The molecular weight excluding hydrogens is 238 g/mol. The molecule has 8 nitrogen and oxygen atoms in total. The first-order valence-electron chi connectivity index (χ1n) is 5.70. The Kier molecular flexibility index (Phi) is 2.95. The molecule has 1 fully saturated rings. The Bertz CT molecular complexity index is 586. The predicted molar refractivity (Wildman–Crippen MR) is 62.7 cm³/mol. The van der Waals surface area contributed by atoms with Gasteiger partial charge in [-0.05, 0) is 12.1 Å². The summed E-state index contributed by atoms with van der Waals surface area (Å²) in [6.45, 7) is 2.41. The number of fused-ring (bicyclic) bond motifs is 1. The zero-order valence-corrected chi connectivity index (χ0v) is 9.63. The minimum Gasteiger partial charge on any atom is -0.376 e. The second-order valence-corrected chi connectivity index (χ2v) is 3.97. The number of hydrogen-bond acceptors (Lipinski definition) is 6. The summed E-state index contributed by atoms with van der Waals surface area (Å²) >= 11 is 0. The maximum absolute atomic E-state index is 11.3. The molecule has 1 unspecified atom stereocenters. The molecule has 2 aromatic heterocycles. The van der Waals surface area contributed by atoms with Crippen LogP contribution in [0.2, 0.25) is 0 Å². The van der Waals surface area contributed by atoms with Gasteiger partial charge in [-0.1, -0.05) is 0 Å². The Balaban J connectivity index is 1.70. The Labute approximate surface area is 102 Å². The van der Waals surface area contributed by atoms with Crippen LogP contribution < -0.4 is 11.0 Å². The van der Waals surface area contributed by atoms with E-state index in [1.807, 2.05) is 0 Å². The molecule has 0 radical (unpaired) electrons. The van der Waals surface area contributed by atoms with Gasteiger partial charge in [0.15, 0.2) is 5.65 Å². The minimum atomic E-state index is -0.356. The van der Waals surface area contributed by atoms with Crippen molar-refractivity contribution in [2.75, 3.05) is 31.7 Å². The molecule has 0 bridgehead atoms. The molecule has 3 heterocycles.